The normalized spacial score (nSPS) is 10.7. The first-order valence-electron chi connectivity index (χ1n) is 11.7. The SMILES string of the molecule is O=C(O)CCNC(=O)c1ccc(Cn2nc(-c3ccc(Cl)c(Cl)c3)cc2C(=O)NCc2ccccc2)cc1. The predicted octanol–water partition coefficient (Wildman–Crippen LogP) is 5.04. The van der Waals surface area contributed by atoms with Crippen molar-refractivity contribution in [3.05, 3.63) is 111 Å². The number of rotatable bonds is 10. The number of aliphatic carboxylic acids is 1. The summed E-state index contributed by atoms with van der Waals surface area (Å²) >= 11 is 12.3. The fraction of sp³-hybridized carbons (Fsp3) is 0.143. The molecule has 1 heterocycles. The van der Waals surface area contributed by atoms with Crippen LogP contribution in [0.3, 0.4) is 0 Å². The van der Waals surface area contributed by atoms with Gasteiger partial charge in [0.25, 0.3) is 11.8 Å². The second kappa shape index (κ2) is 12.4. The van der Waals surface area contributed by atoms with Crippen LogP contribution in [0.4, 0.5) is 0 Å². The summed E-state index contributed by atoms with van der Waals surface area (Å²) in [5, 5.41) is 19.7. The summed E-state index contributed by atoms with van der Waals surface area (Å²) in [6.45, 7) is 0.678. The van der Waals surface area contributed by atoms with Crippen LogP contribution in [-0.2, 0) is 17.9 Å². The van der Waals surface area contributed by atoms with Crippen molar-refractivity contribution in [1.29, 1.82) is 0 Å². The van der Waals surface area contributed by atoms with Crippen molar-refractivity contribution in [2.45, 2.75) is 19.5 Å². The first-order valence-corrected chi connectivity index (χ1v) is 12.5. The highest BCUT2D eigenvalue weighted by Crippen LogP contribution is 2.28. The number of halogens is 2. The average molecular weight is 551 g/mol. The highest BCUT2D eigenvalue weighted by Gasteiger charge is 2.18. The minimum atomic E-state index is -0.983. The number of aromatic nitrogens is 2. The lowest BCUT2D eigenvalue weighted by molar-refractivity contribution is -0.136. The Morgan fingerprint density at radius 2 is 1.55 bits per heavy atom. The standard InChI is InChI=1S/C28H24Cl2N4O4/c29-22-11-10-21(14-23(22)30)24-15-25(28(38)32-16-18-4-2-1-3-5-18)34(33-24)17-19-6-8-20(9-7-19)27(37)31-13-12-26(35)36/h1-11,14-15H,12-13,16-17H2,(H,31,37)(H,32,38)(H,35,36). The quantitative estimate of drug-likeness (QED) is 0.256. The van der Waals surface area contributed by atoms with Crippen LogP contribution in [0.15, 0.2) is 78.9 Å². The van der Waals surface area contributed by atoms with Gasteiger partial charge in [0, 0.05) is 24.2 Å². The van der Waals surface area contributed by atoms with Crippen LogP contribution in [0, 0.1) is 0 Å². The molecule has 0 aliphatic heterocycles. The third-order valence-electron chi connectivity index (χ3n) is 5.70. The van der Waals surface area contributed by atoms with Gasteiger partial charge in [-0.1, -0.05) is 71.7 Å². The summed E-state index contributed by atoms with van der Waals surface area (Å²) in [5.41, 5.74) is 3.81. The molecule has 0 atom stereocenters. The van der Waals surface area contributed by atoms with Gasteiger partial charge in [-0.25, -0.2) is 0 Å². The fourth-order valence-corrected chi connectivity index (χ4v) is 4.00. The summed E-state index contributed by atoms with van der Waals surface area (Å²) in [5.74, 6) is -1.63. The van der Waals surface area contributed by atoms with Crippen LogP contribution in [0.5, 0.6) is 0 Å². The van der Waals surface area contributed by atoms with Gasteiger partial charge in [0.1, 0.15) is 5.69 Å². The molecular formula is C28H24Cl2N4O4. The molecule has 0 aliphatic carbocycles. The lowest BCUT2D eigenvalue weighted by Gasteiger charge is -2.10. The number of nitrogens with zero attached hydrogens (tertiary/aromatic N) is 2. The van der Waals surface area contributed by atoms with Gasteiger partial charge in [-0.3, -0.25) is 19.1 Å². The molecule has 3 N–H and O–H groups in total. The molecule has 4 aromatic rings. The van der Waals surface area contributed by atoms with E-state index in [4.69, 9.17) is 28.3 Å². The van der Waals surface area contributed by atoms with E-state index in [0.29, 0.717) is 39.1 Å². The Bertz CT molecular complexity index is 1450. The molecule has 2 amide bonds. The molecule has 0 saturated heterocycles. The molecule has 0 fully saturated rings. The van der Waals surface area contributed by atoms with Gasteiger partial charge in [-0.05, 0) is 41.5 Å². The summed E-state index contributed by atoms with van der Waals surface area (Å²) in [7, 11) is 0. The molecule has 0 spiro atoms. The number of amides is 2. The smallest absolute Gasteiger partial charge is 0.305 e. The molecule has 8 nitrogen and oxygen atoms in total. The third-order valence-corrected chi connectivity index (χ3v) is 6.44. The number of carboxylic acid groups (broad SMARTS) is 1. The summed E-state index contributed by atoms with van der Waals surface area (Å²) in [4.78, 5) is 36.1. The topological polar surface area (TPSA) is 113 Å². The first-order chi connectivity index (χ1) is 18.3. The molecule has 10 heteroatoms. The van der Waals surface area contributed by atoms with E-state index in [0.717, 1.165) is 11.1 Å². The highest BCUT2D eigenvalue weighted by molar-refractivity contribution is 6.42. The van der Waals surface area contributed by atoms with E-state index in [1.54, 1.807) is 53.2 Å². The van der Waals surface area contributed by atoms with Crippen molar-refractivity contribution in [1.82, 2.24) is 20.4 Å². The maximum atomic E-state index is 13.2. The zero-order chi connectivity index (χ0) is 27.1. The molecule has 0 bridgehead atoms. The molecule has 4 rings (SSSR count). The number of carbonyl (C=O) groups is 3. The highest BCUT2D eigenvalue weighted by atomic mass is 35.5. The lowest BCUT2D eigenvalue weighted by Crippen LogP contribution is -2.26. The Morgan fingerprint density at radius 3 is 2.24 bits per heavy atom. The zero-order valence-electron chi connectivity index (χ0n) is 20.2. The van der Waals surface area contributed by atoms with E-state index in [2.05, 4.69) is 15.7 Å². The molecule has 0 aliphatic rings. The van der Waals surface area contributed by atoms with Gasteiger partial charge < -0.3 is 15.7 Å². The van der Waals surface area contributed by atoms with Crippen LogP contribution in [0.2, 0.25) is 10.0 Å². The van der Waals surface area contributed by atoms with E-state index < -0.39 is 5.97 Å². The number of benzene rings is 3. The molecule has 3 aromatic carbocycles. The van der Waals surface area contributed by atoms with Crippen molar-refractivity contribution in [2.24, 2.45) is 0 Å². The maximum Gasteiger partial charge on any atom is 0.305 e. The lowest BCUT2D eigenvalue weighted by atomic mass is 10.1. The fourth-order valence-electron chi connectivity index (χ4n) is 3.70. The molecule has 0 saturated carbocycles. The number of hydrogen-bond acceptors (Lipinski definition) is 4. The molecule has 0 unspecified atom stereocenters. The first kappa shape index (κ1) is 26.9. The number of carbonyl (C=O) groups excluding carboxylic acids is 2. The molecule has 1 aromatic heterocycles. The predicted molar refractivity (Wildman–Crippen MR) is 145 cm³/mol. The Hall–Kier alpha value is -4.14. The van der Waals surface area contributed by atoms with Gasteiger partial charge in [0.05, 0.1) is 28.7 Å². The second-order valence-electron chi connectivity index (χ2n) is 8.47. The van der Waals surface area contributed by atoms with Gasteiger partial charge in [0.2, 0.25) is 0 Å². The van der Waals surface area contributed by atoms with Crippen molar-refractivity contribution in [2.75, 3.05) is 6.54 Å². The molecule has 194 valence electrons. The van der Waals surface area contributed by atoms with Crippen molar-refractivity contribution < 1.29 is 19.5 Å². The van der Waals surface area contributed by atoms with Crippen LogP contribution in [0.25, 0.3) is 11.3 Å². The summed E-state index contributed by atoms with van der Waals surface area (Å²) in [6, 6.07) is 23.2. The Kier molecular flexibility index (Phi) is 8.78. The minimum Gasteiger partial charge on any atom is -0.481 e. The molecule has 0 radical (unpaired) electrons. The summed E-state index contributed by atoms with van der Waals surface area (Å²) in [6.07, 6.45) is -0.153. The van der Waals surface area contributed by atoms with Gasteiger partial charge in [0.15, 0.2) is 0 Å². The summed E-state index contributed by atoms with van der Waals surface area (Å²) < 4.78 is 1.60. The van der Waals surface area contributed by atoms with Gasteiger partial charge in [-0.15, -0.1) is 0 Å². The monoisotopic (exact) mass is 550 g/mol. The Balaban J connectivity index is 1.55. The third kappa shape index (κ3) is 7.00. The Morgan fingerprint density at radius 1 is 0.816 bits per heavy atom. The van der Waals surface area contributed by atoms with Crippen LogP contribution in [-0.4, -0.2) is 39.2 Å². The molecular weight excluding hydrogens is 527 g/mol. The largest absolute Gasteiger partial charge is 0.481 e. The molecule has 38 heavy (non-hydrogen) atoms. The number of carboxylic acids is 1. The van der Waals surface area contributed by atoms with Crippen molar-refractivity contribution in [3.8, 4) is 11.3 Å². The van der Waals surface area contributed by atoms with Crippen LogP contribution in [0.1, 0.15) is 38.4 Å². The minimum absolute atomic E-state index is 0.0438. The van der Waals surface area contributed by atoms with E-state index >= 15 is 0 Å². The number of hydrogen-bond donors (Lipinski definition) is 3. The van der Waals surface area contributed by atoms with Gasteiger partial charge in [-0.2, -0.15) is 5.10 Å². The van der Waals surface area contributed by atoms with Crippen molar-refractivity contribution in [3.63, 3.8) is 0 Å². The van der Waals surface area contributed by atoms with E-state index in [9.17, 15) is 14.4 Å². The average Bonchev–Trinajstić information content (AvgIpc) is 3.33. The number of nitrogens with one attached hydrogen (secondary N) is 2. The van der Waals surface area contributed by atoms with E-state index in [1.165, 1.54) is 0 Å². The van der Waals surface area contributed by atoms with Crippen LogP contribution >= 0.6 is 23.2 Å². The van der Waals surface area contributed by atoms with Gasteiger partial charge >= 0.3 is 5.97 Å². The van der Waals surface area contributed by atoms with E-state index in [-0.39, 0.29) is 31.3 Å². The van der Waals surface area contributed by atoms with Crippen LogP contribution < -0.4 is 10.6 Å². The zero-order valence-corrected chi connectivity index (χ0v) is 21.7. The second-order valence-corrected chi connectivity index (χ2v) is 9.28. The maximum absolute atomic E-state index is 13.2. The Labute approximate surface area is 229 Å². The van der Waals surface area contributed by atoms with Crippen molar-refractivity contribution >= 4 is 41.0 Å². The van der Waals surface area contributed by atoms with E-state index in [1.807, 2.05) is 30.3 Å².